The Balaban J connectivity index is 1.84. The first kappa shape index (κ1) is 18.3. The number of alkyl halides is 2. The van der Waals surface area contributed by atoms with Gasteiger partial charge in [-0.2, -0.15) is 8.78 Å². The predicted molar refractivity (Wildman–Crippen MR) is 85.4 cm³/mol. The molecule has 2 rings (SSSR count). The molecule has 1 fully saturated rings. The molecule has 24 heavy (non-hydrogen) atoms. The standard InChI is InChI=1S/C15H18ClF2N3O3/c1-10(22)20-4-6-21(7-5-20)14(23)9-19-11-2-3-13(12(16)8-11)24-15(17)18/h2-3,8,15,19H,4-7,9H2,1H3. The average Bonchev–Trinajstić information content (AvgIpc) is 2.54. The Kier molecular flexibility index (Phi) is 6.19. The van der Waals surface area contributed by atoms with E-state index in [2.05, 4.69) is 10.1 Å². The van der Waals surface area contributed by atoms with Crippen molar-refractivity contribution in [1.29, 1.82) is 0 Å². The number of nitrogens with one attached hydrogen (secondary N) is 1. The number of halogens is 3. The van der Waals surface area contributed by atoms with E-state index in [1.807, 2.05) is 0 Å². The summed E-state index contributed by atoms with van der Waals surface area (Å²) in [6, 6.07) is 4.23. The van der Waals surface area contributed by atoms with E-state index in [4.69, 9.17) is 11.6 Å². The quantitative estimate of drug-likeness (QED) is 0.872. The average molecular weight is 362 g/mol. The molecule has 1 aliphatic heterocycles. The lowest BCUT2D eigenvalue weighted by Crippen LogP contribution is -2.51. The normalized spacial score (nSPS) is 14.7. The minimum absolute atomic E-state index is 0.000900. The number of rotatable bonds is 5. The number of hydrogen-bond donors (Lipinski definition) is 1. The summed E-state index contributed by atoms with van der Waals surface area (Å²) in [5, 5.41) is 2.93. The van der Waals surface area contributed by atoms with Gasteiger partial charge in [-0.1, -0.05) is 11.6 Å². The molecule has 2 amide bonds. The number of carbonyl (C=O) groups is 2. The molecule has 0 bridgehead atoms. The number of piperazine rings is 1. The maximum Gasteiger partial charge on any atom is 0.387 e. The molecule has 0 saturated carbocycles. The highest BCUT2D eigenvalue weighted by Crippen LogP contribution is 2.28. The second kappa shape index (κ2) is 8.14. The number of carbonyl (C=O) groups excluding carboxylic acids is 2. The SMILES string of the molecule is CC(=O)N1CCN(C(=O)CNc2ccc(OC(F)F)c(Cl)c2)CC1. The van der Waals surface area contributed by atoms with Crippen molar-refractivity contribution >= 4 is 29.1 Å². The molecule has 0 spiro atoms. The smallest absolute Gasteiger partial charge is 0.387 e. The third-order valence-electron chi connectivity index (χ3n) is 3.67. The Labute approximate surface area is 143 Å². The van der Waals surface area contributed by atoms with Gasteiger partial charge in [0.15, 0.2) is 0 Å². The molecule has 1 heterocycles. The van der Waals surface area contributed by atoms with E-state index in [0.29, 0.717) is 31.9 Å². The molecular formula is C15H18ClF2N3O3. The van der Waals surface area contributed by atoms with E-state index in [-0.39, 0.29) is 29.1 Å². The fourth-order valence-corrected chi connectivity index (χ4v) is 2.59. The molecule has 0 aromatic heterocycles. The fourth-order valence-electron chi connectivity index (χ4n) is 2.36. The lowest BCUT2D eigenvalue weighted by Gasteiger charge is -2.34. The van der Waals surface area contributed by atoms with Crippen LogP contribution in [0.5, 0.6) is 5.75 Å². The molecule has 0 atom stereocenters. The first-order chi connectivity index (χ1) is 11.4. The third kappa shape index (κ3) is 4.95. The Bertz CT molecular complexity index is 608. The van der Waals surface area contributed by atoms with Crippen molar-refractivity contribution in [2.24, 2.45) is 0 Å². The van der Waals surface area contributed by atoms with Gasteiger partial charge in [-0.15, -0.1) is 0 Å². The monoisotopic (exact) mass is 361 g/mol. The van der Waals surface area contributed by atoms with Crippen LogP contribution < -0.4 is 10.1 Å². The summed E-state index contributed by atoms with van der Waals surface area (Å²) in [6.45, 7) is 0.621. The Morgan fingerprint density at radius 3 is 2.42 bits per heavy atom. The van der Waals surface area contributed by atoms with Gasteiger partial charge in [-0.05, 0) is 18.2 Å². The predicted octanol–water partition coefficient (Wildman–Crippen LogP) is 2.04. The van der Waals surface area contributed by atoms with Crippen LogP contribution in [0.15, 0.2) is 18.2 Å². The lowest BCUT2D eigenvalue weighted by molar-refractivity contribution is -0.137. The summed E-state index contributed by atoms with van der Waals surface area (Å²) >= 11 is 5.85. The lowest BCUT2D eigenvalue weighted by atomic mass is 10.3. The fraction of sp³-hybridized carbons (Fsp3) is 0.467. The van der Waals surface area contributed by atoms with Crippen molar-refractivity contribution in [2.75, 3.05) is 38.0 Å². The molecule has 1 aromatic carbocycles. The topological polar surface area (TPSA) is 61.9 Å². The zero-order valence-corrected chi connectivity index (χ0v) is 13.9. The highest BCUT2D eigenvalue weighted by Gasteiger charge is 2.22. The van der Waals surface area contributed by atoms with Crippen LogP contribution >= 0.6 is 11.6 Å². The number of amides is 2. The van der Waals surface area contributed by atoms with Crippen molar-refractivity contribution in [1.82, 2.24) is 9.80 Å². The summed E-state index contributed by atoms with van der Waals surface area (Å²) in [7, 11) is 0. The largest absolute Gasteiger partial charge is 0.433 e. The van der Waals surface area contributed by atoms with Crippen LogP contribution in [0, 0.1) is 0 Å². The highest BCUT2D eigenvalue weighted by atomic mass is 35.5. The van der Waals surface area contributed by atoms with Gasteiger partial charge in [-0.3, -0.25) is 9.59 Å². The van der Waals surface area contributed by atoms with E-state index in [1.165, 1.54) is 25.1 Å². The van der Waals surface area contributed by atoms with E-state index in [9.17, 15) is 18.4 Å². The Morgan fingerprint density at radius 1 is 1.25 bits per heavy atom. The zero-order valence-electron chi connectivity index (χ0n) is 13.1. The van der Waals surface area contributed by atoms with E-state index in [0.717, 1.165) is 0 Å². The van der Waals surface area contributed by atoms with Gasteiger partial charge in [0.05, 0.1) is 11.6 Å². The first-order valence-electron chi connectivity index (χ1n) is 7.38. The van der Waals surface area contributed by atoms with Gasteiger partial charge in [0, 0.05) is 38.8 Å². The number of hydrogen-bond acceptors (Lipinski definition) is 4. The van der Waals surface area contributed by atoms with Gasteiger partial charge in [0.25, 0.3) is 0 Å². The molecular weight excluding hydrogens is 344 g/mol. The number of anilines is 1. The second-order valence-electron chi connectivity index (χ2n) is 5.26. The van der Waals surface area contributed by atoms with E-state index >= 15 is 0 Å². The minimum Gasteiger partial charge on any atom is -0.433 e. The molecule has 1 N–H and O–H groups in total. The maximum absolute atomic E-state index is 12.2. The molecule has 132 valence electrons. The summed E-state index contributed by atoms with van der Waals surface area (Å²) in [4.78, 5) is 26.8. The summed E-state index contributed by atoms with van der Waals surface area (Å²) in [5.74, 6) is -0.230. The van der Waals surface area contributed by atoms with E-state index < -0.39 is 6.61 Å². The van der Waals surface area contributed by atoms with E-state index in [1.54, 1.807) is 9.80 Å². The van der Waals surface area contributed by atoms with Crippen LogP contribution in [0.1, 0.15) is 6.92 Å². The second-order valence-corrected chi connectivity index (χ2v) is 5.67. The molecule has 1 aromatic rings. The summed E-state index contributed by atoms with van der Waals surface area (Å²) < 4.78 is 28.6. The zero-order chi connectivity index (χ0) is 17.7. The number of nitrogens with zero attached hydrogens (tertiary/aromatic N) is 2. The van der Waals surface area contributed by atoms with Crippen molar-refractivity contribution < 1.29 is 23.1 Å². The van der Waals surface area contributed by atoms with Gasteiger partial charge in [0.1, 0.15) is 5.75 Å². The van der Waals surface area contributed by atoms with Crippen molar-refractivity contribution in [3.63, 3.8) is 0 Å². The molecule has 6 nitrogen and oxygen atoms in total. The van der Waals surface area contributed by atoms with Crippen LogP contribution in [0.25, 0.3) is 0 Å². The van der Waals surface area contributed by atoms with Gasteiger partial charge in [-0.25, -0.2) is 0 Å². The first-order valence-corrected chi connectivity index (χ1v) is 7.76. The van der Waals surface area contributed by atoms with Crippen LogP contribution in [-0.2, 0) is 9.59 Å². The summed E-state index contributed by atoms with van der Waals surface area (Å²) in [5.41, 5.74) is 0.525. The molecule has 9 heteroatoms. The minimum atomic E-state index is -2.95. The van der Waals surface area contributed by atoms with Crippen LogP contribution in [0.2, 0.25) is 5.02 Å². The number of benzene rings is 1. The number of ether oxygens (including phenoxy) is 1. The van der Waals surface area contributed by atoms with Crippen molar-refractivity contribution in [3.8, 4) is 5.75 Å². The summed E-state index contributed by atoms with van der Waals surface area (Å²) in [6.07, 6.45) is 0. The van der Waals surface area contributed by atoms with Gasteiger partial charge < -0.3 is 19.9 Å². The maximum atomic E-state index is 12.2. The molecule has 0 aliphatic carbocycles. The van der Waals surface area contributed by atoms with Crippen molar-refractivity contribution in [2.45, 2.75) is 13.5 Å². The molecule has 1 saturated heterocycles. The Morgan fingerprint density at radius 2 is 1.88 bits per heavy atom. The Hall–Kier alpha value is -2.09. The van der Waals surface area contributed by atoms with Gasteiger partial charge in [0.2, 0.25) is 11.8 Å². The van der Waals surface area contributed by atoms with Crippen molar-refractivity contribution in [3.05, 3.63) is 23.2 Å². The molecule has 0 unspecified atom stereocenters. The van der Waals surface area contributed by atoms with Crippen LogP contribution in [0.4, 0.5) is 14.5 Å². The third-order valence-corrected chi connectivity index (χ3v) is 3.96. The van der Waals surface area contributed by atoms with Crippen LogP contribution in [-0.4, -0.2) is 60.9 Å². The van der Waals surface area contributed by atoms with Crippen LogP contribution in [0.3, 0.4) is 0 Å². The molecule has 1 aliphatic rings. The van der Waals surface area contributed by atoms with Gasteiger partial charge >= 0.3 is 6.61 Å². The highest BCUT2D eigenvalue weighted by molar-refractivity contribution is 6.32. The molecule has 0 radical (unpaired) electrons.